The Hall–Kier alpha value is -1.04. The minimum atomic E-state index is -2.55. The zero-order valence-corrected chi connectivity index (χ0v) is 4.70. The van der Waals surface area contributed by atoms with Gasteiger partial charge in [0, 0.05) is 0 Å². The van der Waals surface area contributed by atoms with E-state index in [0.717, 1.165) is 5.48 Å². The molecule has 0 aliphatic heterocycles. The summed E-state index contributed by atoms with van der Waals surface area (Å²) in [6, 6.07) is 0. The van der Waals surface area contributed by atoms with Crippen LogP contribution in [0.3, 0.4) is 0 Å². The van der Waals surface area contributed by atoms with Crippen LogP contribution in [0.2, 0.25) is 0 Å². The summed E-state index contributed by atoms with van der Waals surface area (Å²) in [4.78, 5) is 9.96. The standard InChI is InChI=1S/C4H4F3NO2/c5-2(4(6)7)1-3(9)8-10/h10H,1H2,(H,8,9). The summed E-state index contributed by atoms with van der Waals surface area (Å²) in [7, 11) is 0. The van der Waals surface area contributed by atoms with Crippen LogP contribution in [0.15, 0.2) is 11.9 Å². The second kappa shape index (κ2) is 3.89. The molecule has 0 saturated carbocycles. The molecule has 0 fully saturated rings. The highest BCUT2D eigenvalue weighted by Gasteiger charge is 2.09. The maximum Gasteiger partial charge on any atom is 0.302 e. The summed E-state index contributed by atoms with van der Waals surface area (Å²) in [6.45, 7) is 0. The van der Waals surface area contributed by atoms with E-state index in [2.05, 4.69) is 0 Å². The fourth-order valence-corrected chi connectivity index (χ4v) is 0.247. The van der Waals surface area contributed by atoms with Gasteiger partial charge in [-0.25, -0.2) is 9.87 Å². The van der Waals surface area contributed by atoms with Crippen molar-refractivity contribution < 1.29 is 23.2 Å². The van der Waals surface area contributed by atoms with Crippen LogP contribution in [0.5, 0.6) is 0 Å². The highest BCUT2D eigenvalue weighted by Crippen LogP contribution is 2.11. The Morgan fingerprint density at radius 2 is 1.90 bits per heavy atom. The molecule has 0 bridgehead atoms. The number of hydrogen-bond acceptors (Lipinski definition) is 2. The van der Waals surface area contributed by atoms with Gasteiger partial charge in [0.05, 0.1) is 6.42 Å². The van der Waals surface area contributed by atoms with E-state index < -0.39 is 24.2 Å². The Balaban J connectivity index is 3.92. The molecule has 0 unspecified atom stereocenters. The van der Waals surface area contributed by atoms with Gasteiger partial charge in [-0.3, -0.25) is 10.0 Å². The number of carbonyl (C=O) groups is 1. The summed E-state index contributed by atoms with van der Waals surface area (Å²) >= 11 is 0. The van der Waals surface area contributed by atoms with Gasteiger partial charge in [-0.2, -0.15) is 8.78 Å². The van der Waals surface area contributed by atoms with Crippen LogP contribution in [0, 0.1) is 0 Å². The van der Waals surface area contributed by atoms with Crippen molar-refractivity contribution in [3.05, 3.63) is 11.9 Å². The molecular formula is C4H4F3NO2. The van der Waals surface area contributed by atoms with Crippen LogP contribution in [0.1, 0.15) is 6.42 Å². The van der Waals surface area contributed by atoms with Gasteiger partial charge in [0.15, 0.2) is 5.83 Å². The van der Waals surface area contributed by atoms with Gasteiger partial charge >= 0.3 is 6.08 Å². The molecule has 1 amide bonds. The van der Waals surface area contributed by atoms with E-state index >= 15 is 0 Å². The quantitative estimate of drug-likeness (QED) is 0.461. The first-order chi connectivity index (χ1) is 4.57. The van der Waals surface area contributed by atoms with Crippen molar-refractivity contribution in [3.63, 3.8) is 0 Å². The Morgan fingerprint density at radius 1 is 1.40 bits per heavy atom. The van der Waals surface area contributed by atoms with Crippen molar-refractivity contribution >= 4 is 5.91 Å². The summed E-state index contributed by atoms with van der Waals surface area (Å²) in [5.41, 5.74) is 1.00. The van der Waals surface area contributed by atoms with Crippen LogP contribution in [0.25, 0.3) is 0 Å². The molecule has 0 radical (unpaired) electrons. The highest BCUT2D eigenvalue weighted by molar-refractivity contribution is 5.76. The summed E-state index contributed by atoms with van der Waals surface area (Å²) < 4.78 is 34.1. The second-order valence-electron chi connectivity index (χ2n) is 1.38. The normalized spacial score (nSPS) is 8.80. The van der Waals surface area contributed by atoms with Crippen molar-refractivity contribution in [1.82, 2.24) is 5.48 Å². The van der Waals surface area contributed by atoms with Gasteiger partial charge in [0.2, 0.25) is 5.91 Å². The first-order valence-corrected chi connectivity index (χ1v) is 2.20. The molecular weight excluding hydrogens is 151 g/mol. The van der Waals surface area contributed by atoms with E-state index in [-0.39, 0.29) is 0 Å². The molecule has 6 heteroatoms. The lowest BCUT2D eigenvalue weighted by Gasteiger charge is -1.92. The first-order valence-electron chi connectivity index (χ1n) is 2.20. The van der Waals surface area contributed by atoms with E-state index in [0.29, 0.717) is 0 Å². The number of halogens is 3. The molecule has 0 saturated heterocycles. The van der Waals surface area contributed by atoms with Crippen LogP contribution in [-0.2, 0) is 4.79 Å². The van der Waals surface area contributed by atoms with Crippen molar-refractivity contribution in [2.75, 3.05) is 0 Å². The monoisotopic (exact) mass is 155 g/mol. The molecule has 2 N–H and O–H groups in total. The predicted octanol–water partition coefficient (Wildman–Crippen LogP) is 0.960. The molecule has 0 aromatic rings. The molecule has 10 heavy (non-hydrogen) atoms. The van der Waals surface area contributed by atoms with Crippen LogP contribution in [-0.4, -0.2) is 11.1 Å². The van der Waals surface area contributed by atoms with Gasteiger partial charge in [-0.15, -0.1) is 0 Å². The van der Waals surface area contributed by atoms with E-state index in [1.54, 1.807) is 0 Å². The number of hydrogen-bond donors (Lipinski definition) is 2. The minimum absolute atomic E-state index is 1.00. The lowest BCUT2D eigenvalue weighted by atomic mass is 10.4. The Bertz CT molecular complexity index is 164. The van der Waals surface area contributed by atoms with E-state index in [4.69, 9.17) is 5.21 Å². The Kier molecular flexibility index (Phi) is 3.48. The number of nitrogens with one attached hydrogen (secondary N) is 1. The molecule has 0 atom stereocenters. The van der Waals surface area contributed by atoms with Gasteiger partial charge in [-0.05, 0) is 0 Å². The van der Waals surface area contributed by atoms with Crippen LogP contribution < -0.4 is 5.48 Å². The van der Waals surface area contributed by atoms with Gasteiger partial charge in [-0.1, -0.05) is 0 Å². The average molecular weight is 155 g/mol. The third kappa shape index (κ3) is 3.08. The predicted molar refractivity (Wildman–Crippen MR) is 24.9 cm³/mol. The Morgan fingerprint density at radius 3 is 2.20 bits per heavy atom. The molecule has 0 rings (SSSR count). The zero-order valence-electron chi connectivity index (χ0n) is 4.70. The molecule has 0 aliphatic rings. The largest absolute Gasteiger partial charge is 0.302 e. The third-order valence-corrected chi connectivity index (χ3v) is 0.646. The fraction of sp³-hybridized carbons (Fsp3) is 0.250. The Labute approximate surface area is 54.1 Å². The number of carbonyl (C=O) groups excluding carboxylic acids is 1. The average Bonchev–Trinajstić information content (AvgIpc) is 1.87. The third-order valence-electron chi connectivity index (χ3n) is 0.646. The number of rotatable bonds is 2. The van der Waals surface area contributed by atoms with E-state index in [1.807, 2.05) is 0 Å². The highest BCUT2D eigenvalue weighted by atomic mass is 19.3. The topological polar surface area (TPSA) is 49.3 Å². The van der Waals surface area contributed by atoms with E-state index in [9.17, 15) is 18.0 Å². The smallest absolute Gasteiger partial charge is 0.289 e. The zero-order chi connectivity index (χ0) is 8.15. The lowest BCUT2D eigenvalue weighted by Crippen LogP contribution is -2.18. The van der Waals surface area contributed by atoms with Crippen molar-refractivity contribution in [3.8, 4) is 0 Å². The van der Waals surface area contributed by atoms with E-state index in [1.165, 1.54) is 0 Å². The SMILES string of the molecule is O=C(CC(F)=C(F)F)NO. The summed E-state index contributed by atoms with van der Waals surface area (Å²) in [6.07, 6.45) is -3.69. The fourth-order valence-electron chi connectivity index (χ4n) is 0.247. The number of hydroxylamine groups is 1. The van der Waals surface area contributed by atoms with Crippen molar-refractivity contribution in [2.45, 2.75) is 6.42 Å². The molecule has 0 aliphatic carbocycles. The van der Waals surface area contributed by atoms with Crippen molar-refractivity contribution in [1.29, 1.82) is 0 Å². The molecule has 0 aromatic carbocycles. The summed E-state index contributed by atoms with van der Waals surface area (Å²) in [5, 5.41) is 7.73. The van der Waals surface area contributed by atoms with Gasteiger partial charge in [0.1, 0.15) is 0 Å². The van der Waals surface area contributed by atoms with Gasteiger partial charge < -0.3 is 0 Å². The lowest BCUT2D eigenvalue weighted by molar-refractivity contribution is -0.128. The maximum absolute atomic E-state index is 11.7. The second-order valence-corrected chi connectivity index (χ2v) is 1.38. The molecule has 0 aromatic heterocycles. The van der Waals surface area contributed by atoms with Crippen molar-refractivity contribution in [2.24, 2.45) is 0 Å². The molecule has 58 valence electrons. The number of amides is 1. The minimum Gasteiger partial charge on any atom is -0.289 e. The maximum atomic E-state index is 11.7. The van der Waals surface area contributed by atoms with Crippen LogP contribution in [0.4, 0.5) is 13.2 Å². The molecule has 0 heterocycles. The van der Waals surface area contributed by atoms with Crippen LogP contribution >= 0.6 is 0 Å². The first kappa shape index (κ1) is 8.96. The molecule has 3 nitrogen and oxygen atoms in total. The summed E-state index contributed by atoms with van der Waals surface area (Å²) in [5.74, 6) is -3.06. The van der Waals surface area contributed by atoms with Gasteiger partial charge in [0.25, 0.3) is 0 Å². The molecule has 0 spiro atoms.